The number of nitrogens with one attached hydrogen (secondary N) is 1. The van der Waals surface area contributed by atoms with Crippen LogP contribution in [0.15, 0.2) is 30.6 Å². The maximum atomic E-state index is 11.4. The van der Waals surface area contributed by atoms with E-state index in [1.165, 1.54) is 0 Å². The van der Waals surface area contributed by atoms with Crippen LogP contribution in [-0.2, 0) is 19.5 Å². The van der Waals surface area contributed by atoms with Crippen molar-refractivity contribution in [1.29, 1.82) is 0 Å². The van der Waals surface area contributed by atoms with Crippen LogP contribution in [0, 0.1) is 5.92 Å². The summed E-state index contributed by atoms with van der Waals surface area (Å²) < 4.78 is 3.90. The van der Waals surface area contributed by atoms with E-state index in [0.717, 1.165) is 43.0 Å². The molecule has 7 nitrogen and oxygen atoms in total. The van der Waals surface area contributed by atoms with Crippen LogP contribution in [0.3, 0.4) is 0 Å². The molecule has 8 heteroatoms. The number of hydrogen-bond acceptors (Lipinski definition) is 4. The zero-order valence-corrected chi connectivity index (χ0v) is 14.4. The molecule has 1 unspecified atom stereocenters. The third kappa shape index (κ3) is 3.01. The van der Waals surface area contributed by atoms with Gasteiger partial charge in [-0.1, -0.05) is 17.7 Å². The SMILES string of the molecule is NC(=O)c1cnn2c1CCC(CNCc1c(Cl)nc3ccccn13)C2. The molecule has 0 saturated heterocycles. The summed E-state index contributed by atoms with van der Waals surface area (Å²) in [7, 11) is 0. The van der Waals surface area contributed by atoms with Crippen LogP contribution in [-0.4, -0.2) is 31.6 Å². The molecular weight excluding hydrogens is 340 g/mol. The second-order valence-corrected chi connectivity index (χ2v) is 6.72. The first-order chi connectivity index (χ1) is 12.1. The van der Waals surface area contributed by atoms with Crippen LogP contribution in [0.1, 0.15) is 28.2 Å². The van der Waals surface area contributed by atoms with Gasteiger partial charge in [0.1, 0.15) is 5.65 Å². The maximum absolute atomic E-state index is 11.4. The van der Waals surface area contributed by atoms with E-state index in [2.05, 4.69) is 15.4 Å². The highest BCUT2D eigenvalue weighted by molar-refractivity contribution is 6.30. The minimum atomic E-state index is -0.403. The molecule has 0 aliphatic carbocycles. The number of carbonyl (C=O) groups excluding carboxylic acids is 1. The maximum Gasteiger partial charge on any atom is 0.252 e. The van der Waals surface area contributed by atoms with Gasteiger partial charge >= 0.3 is 0 Å². The first-order valence-corrected chi connectivity index (χ1v) is 8.68. The number of fused-ring (bicyclic) bond motifs is 2. The lowest BCUT2D eigenvalue weighted by Crippen LogP contribution is -2.31. The lowest BCUT2D eigenvalue weighted by molar-refractivity contribution is 0.0998. The van der Waals surface area contributed by atoms with Crippen LogP contribution in [0.5, 0.6) is 0 Å². The van der Waals surface area contributed by atoms with Crippen LogP contribution in [0.25, 0.3) is 5.65 Å². The van der Waals surface area contributed by atoms with Crippen molar-refractivity contribution in [2.24, 2.45) is 11.7 Å². The Kier molecular flexibility index (Phi) is 4.19. The molecule has 0 fully saturated rings. The Hall–Kier alpha value is -2.38. The zero-order valence-electron chi connectivity index (χ0n) is 13.7. The Morgan fingerprint density at radius 2 is 2.32 bits per heavy atom. The molecule has 1 atom stereocenters. The van der Waals surface area contributed by atoms with Crippen LogP contribution >= 0.6 is 11.6 Å². The van der Waals surface area contributed by atoms with Crippen molar-refractivity contribution in [3.8, 4) is 0 Å². The van der Waals surface area contributed by atoms with E-state index in [1.54, 1.807) is 6.20 Å². The Balaban J connectivity index is 1.39. The summed E-state index contributed by atoms with van der Waals surface area (Å²) in [4.78, 5) is 15.8. The molecule has 0 spiro atoms. The minimum absolute atomic E-state index is 0.403. The van der Waals surface area contributed by atoms with E-state index < -0.39 is 5.91 Å². The van der Waals surface area contributed by atoms with Gasteiger partial charge in [0.05, 0.1) is 23.1 Å². The molecule has 4 heterocycles. The third-order valence-corrected chi connectivity index (χ3v) is 5.04. The average Bonchev–Trinajstić information content (AvgIpc) is 3.16. The molecule has 0 aromatic carbocycles. The monoisotopic (exact) mass is 358 g/mol. The molecule has 3 aromatic rings. The van der Waals surface area contributed by atoms with Crippen molar-refractivity contribution in [2.75, 3.05) is 6.54 Å². The molecule has 1 amide bonds. The topological polar surface area (TPSA) is 90.2 Å². The van der Waals surface area contributed by atoms with Gasteiger partial charge in [0.15, 0.2) is 5.15 Å². The predicted octanol–water partition coefficient (Wildman–Crippen LogP) is 1.64. The summed E-state index contributed by atoms with van der Waals surface area (Å²) >= 11 is 6.26. The largest absolute Gasteiger partial charge is 0.365 e. The first-order valence-electron chi connectivity index (χ1n) is 8.30. The summed E-state index contributed by atoms with van der Waals surface area (Å²) in [5.74, 6) is 0.0474. The van der Waals surface area contributed by atoms with Crippen molar-refractivity contribution in [3.63, 3.8) is 0 Å². The number of hydrogen-bond donors (Lipinski definition) is 2. The lowest BCUT2D eigenvalue weighted by Gasteiger charge is -2.24. The van der Waals surface area contributed by atoms with E-state index in [0.29, 0.717) is 23.2 Å². The fourth-order valence-electron chi connectivity index (χ4n) is 3.45. The smallest absolute Gasteiger partial charge is 0.252 e. The highest BCUT2D eigenvalue weighted by atomic mass is 35.5. The summed E-state index contributed by atoms with van der Waals surface area (Å²) in [6, 6.07) is 5.84. The number of rotatable bonds is 5. The quantitative estimate of drug-likeness (QED) is 0.725. The van der Waals surface area contributed by atoms with Crippen molar-refractivity contribution in [3.05, 3.63) is 52.7 Å². The van der Waals surface area contributed by atoms with Gasteiger partial charge in [-0.15, -0.1) is 0 Å². The van der Waals surface area contributed by atoms with Gasteiger partial charge in [-0.2, -0.15) is 5.10 Å². The molecule has 0 saturated carbocycles. The molecule has 25 heavy (non-hydrogen) atoms. The van der Waals surface area contributed by atoms with E-state index in [-0.39, 0.29) is 0 Å². The zero-order chi connectivity index (χ0) is 17.4. The van der Waals surface area contributed by atoms with Gasteiger partial charge < -0.3 is 15.5 Å². The molecule has 3 N–H and O–H groups in total. The van der Waals surface area contributed by atoms with E-state index >= 15 is 0 Å². The van der Waals surface area contributed by atoms with Crippen molar-refractivity contribution < 1.29 is 4.79 Å². The normalized spacial score (nSPS) is 16.9. The second-order valence-electron chi connectivity index (χ2n) is 6.37. The van der Waals surface area contributed by atoms with E-state index in [4.69, 9.17) is 17.3 Å². The summed E-state index contributed by atoms with van der Waals surface area (Å²) in [5.41, 5.74) is 8.69. The van der Waals surface area contributed by atoms with E-state index in [1.807, 2.05) is 33.5 Å². The molecule has 130 valence electrons. The molecule has 3 aromatic heterocycles. The van der Waals surface area contributed by atoms with Gasteiger partial charge in [0.25, 0.3) is 5.91 Å². The van der Waals surface area contributed by atoms with Crippen LogP contribution < -0.4 is 11.1 Å². The third-order valence-electron chi connectivity index (χ3n) is 4.74. The van der Waals surface area contributed by atoms with E-state index in [9.17, 15) is 4.79 Å². The number of halogens is 1. The van der Waals surface area contributed by atoms with Gasteiger partial charge in [-0.25, -0.2) is 4.98 Å². The Morgan fingerprint density at radius 1 is 1.44 bits per heavy atom. The second kappa shape index (κ2) is 6.50. The minimum Gasteiger partial charge on any atom is -0.365 e. The highest BCUT2D eigenvalue weighted by Gasteiger charge is 2.23. The number of carbonyl (C=O) groups is 1. The van der Waals surface area contributed by atoms with Gasteiger partial charge in [-0.05, 0) is 30.9 Å². The lowest BCUT2D eigenvalue weighted by atomic mass is 9.96. The number of pyridine rings is 1. The van der Waals surface area contributed by atoms with Gasteiger partial charge in [0.2, 0.25) is 0 Å². The number of nitrogens with two attached hydrogens (primary N) is 1. The fraction of sp³-hybridized carbons (Fsp3) is 0.353. The molecule has 1 aliphatic rings. The standard InChI is InChI=1S/C17H19ClN6O/c18-16-14(23-6-2-1-3-15(23)22-16)9-20-7-11-4-5-13-12(17(19)25)8-21-24(13)10-11/h1-3,6,8,11,20H,4-5,7,9-10H2,(H2,19,25). The molecule has 1 aliphatic heterocycles. The van der Waals surface area contributed by atoms with Gasteiger partial charge in [-0.3, -0.25) is 9.48 Å². The number of amides is 1. The number of aromatic nitrogens is 4. The van der Waals surface area contributed by atoms with Crippen LogP contribution in [0.4, 0.5) is 0 Å². The molecule has 0 radical (unpaired) electrons. The Labute approximate surface area is 149 Å². The molecular formula is C17H19ClN6O. The van der Waals surface area contributed by atoms with Crippen molar-refractivity contribution in [2.45, 2.75) is 25.9 Å². The summed E-state index contributed by atoms with van der Waals surface area (Å²) in [5, 5.41) is 8.30. The summed E-state index contributed by atoms with van der Waals surface area (Å²) in [6.07, 6.45) is 5.36. The first kappa shape index (κ1) is 16.1. The molecule has 0 bridgehead atoms. The van der Waals surface area contributed by atoms with Crippen LogP contribution in [0.2, 0.25) is 5.15 Å². The van der Waals surface area contributed by atoms with Gasteiger partial charge in [0, 0.05) is 25.8 Å². The number of primary amides is 1. The highest BCUT2D eigenvalue weighted by Crippen LogP contribution is 2.22. The fourth-order valence-corrected chi connectivity index (χ4v) is 3.70. The number of nitrogens with zero attached hydrogens (tertiary/aromatic N) is 4. The Morgan fingerprint density at radius 3 is 3.16 bits per heavy atom. The Bertz CT molecular complexity index is 931. The number of imidazole rings is 1. The summed E-state index contributed by atoms with van der Waals surface area (Å²) in [6.45, 7) is 2.29. The predicted molar refractivity (Wildman–Crippen MR) is 94.5 cm³/mol. The molecule has 4 rings (SSSR count). The van der Waals surface area contributed by atoms with Crippen molar-refractivity contribution in [1.82, 2.24) is 24.5 Å². The average molecular weight is 359 g/mol. The van der Waals surface area contributed by atoms with Crippen molar-refractivity contribution >= 4 is 23.2 Å².